The van der Waals surface area contributed by atoms with Crippen molar-refractivity contribution in [3.63, 3.8) is 0 Å². The molecule has 0 unspecified atom stereocenters. The molecule has 0 spiro atoms. The number of carbonyl (C=O) groups is 2. The first-order valence-electron chi connectivity index (χ1n) is 7.97. The highest BCUT2D eigenvalue weighted by Crippen LogP contribution is 2.40. The van der Waals surface area contributed by atoms with Crippen LogP contribution >= 0.6 is 35.6 Å². The quantitative estimate of drug-likeness (QED) is 0.593. The Morgan fingerprint density at radius 1 is 1.26 bits per heavy atom. The Morgan fingerprint density at radius 2 is 2.00 bits per heavy atom. The number of aliphatic carboxylic acids is 1. The van der Waals surface area contributed by atoms with Gasteiger partial charge in [0.05, 0.1) is 6.04 Å². The van der Waals surface area contributed by atoms with Gasteiger partial charge in [0.15, 0.2) is 0 Å². The zero-order chi connectivity index (χ0) is 18.8. The lowest BCUT2D eigenvalue weighted by Gasteiger charge is -2.32. The molecule has 1 aliphatic heterocycles. The minimum Gasteiger partial charge on any atom is -0.480 e. The van der Waals surface area contributed by atoms with Crippen LogP contribution in [0.4, 0.5) is 5.69 Å². The molecule has 5 N–H and O–H groups in total. The van der Waals surface area contributed by atoms with Gasteiger partial charge in [-0.3, -0.25) is 4.79 Å². The van der Waals surface area contributed by atoms with Crippen molar-refractivity contribution < 1.29 is 14.7 Å². The minimum absolute atomic E-state index is 0. The molecule has 0 aromatic heterocycles. The number of rotatable bonds is 4. The number of carboxylic acids is 1. The SMILES string of the molecule is Cl.NCc1cccc(C(=O)N[C@H]2C[C@H](C(=O)O)Nc3cc(Cl)cc(Cl)c32)c1. The molecule has 1 aliphatic rings. The van der Waals surface area contributed by atoms with Crippen LogP contribution in [0.25, 0.3) is 0 Å². The molecular weight excluding hydrogens is 413 g/mol. The van der Waals surface area contributed by atoms with Gasteiger partial charge in [-0.2, -0.15) is 0 Å². The average molecular weight is 431 g/mol. The van der Waals surface area contributed by atoms with E-state index in [0.717, 1.165) is 5.56 Å². The molecule has 0 saturated carbocycles. The average Bonchev–Trinajstić information content (AvgIpc) is 2.60. The Hall–Kier alpha value is -1.99. The molecule has 2 aromatic rings. The molecule has 0 fully saturated rings. The predicted molar refractivity (Wildman–Crippen MR) is 108 cm³/mol. The van der Waals surface area contributed by atoms with Crippen molar-refractivity contribution in [2.75, 3.05) is 5.32 Å². The molecule has 1 heterocycles. The summed E-state index contributed by atoms with van der Waals surface area (Å²) in [7, 11) is 0. The van der Waals surface area contributed by atoms with E-state index in [1.54, 1.807) is 30.3 Å². The Kier molecular flexibility index (Phi) is 6.95. The fourth-order valence-electron chi connectivity index (χ4n) is 3.03. The maximum atomic E-state index is 12.7. The van der Waals surface area contributed by atoms with E-state index in [9.17, 15) is 14.7 Å². The largest absolute Gasteiger partial charge is 0.480 e. The number of anilines is 1. The summed E-state index contributed by atoms with van der Waals surface area (Å²) < 4.78 is 0. The van der Waals surface area contributed by atoms with Gasteiger partial charge in [0, 0.05) is 39.8 Å². The molecule has 2 atom stereocenters. The van der Waals surface area contributed by atoms with E-state index in [4.69, 9.17) is 28.9 Å². The first kappa shape index (κ1) is 21.3. The maximum Gasteiger partial charge on any atom is 0.326 e. The van der Waals surface area contributed by atoms with Gasteiger partial charge in [-0.15, -0.1) is 12.4 Å². The summed E-state index contributed by atoms with van der Waals surface area (Å²) in [6, 6.07) is 8.70. The highest BCUT2D eigenvalue weighted by molar-refractivity contribution is 6.35. The molecule has 3 rings (SSSR count). The number of benzene rings is 2. The van der Waals surface area contributed by atoms with Crippen LogP contribution in [-0.2, 0) is 11.3 Å². The molecule has 0 saturated heterocycles. The van der Waals surface area contributed by atoms with Crippen molar-refractivity contribution in [1.82, 2.24) is 5.32 Å². The molecule has 0 bridgehead atoms. The third-order valence-corrected chi connectivity index (χ3v) is 4.80. The van der Waals surface area contributed by atoms with Gasteiger partial charge >= 0.3 is 5.97 Å². The van der Waals surface area contributed by atoms with Crippen LogP contribution in [0.5, 0.6) is 0 Å². The summed E-state index contributed by atoms with van der Waals surface area (Å²) >= 11 is 12.3. The molecule has 1 amide bonds. The fraction of sp³-hybridized carbons (Fsp3) is 0.222. The van der Waals surface area contributed by atoms with Crippen LogP contribution in [0.3, 0.4) is 0 Å². The number of carbonyl (C=O) groups excluding carboxylic acids is 1. The van der Waals surface area contributed by atoms with Crippen LogP contribution in [0.1, 0.15) is 33.9 Å². The normalized spacial score (nSPS) is 17.9. The van der Waals surface area contributed by atoms with E-state index in [1.807, 2.05) is 6.07 Å². The summed E-state index contributed by atoms with van der Waals surface area (Å²) in [5.41, 5.74) is 8.02. The van der Waals surface area contributed by atoms with E-state index in [0.29, 0.717) is 33.4 Å². The van der Waals surface area contributed by atoms with E-state index in [-0.39, 0.29) is 24.7 Å². The summed E-state index contributed by atoms with van der Waals surface area (Å²) in [6.45, 7) is 0.322. The fourth-order valence-corrected chi connectivity index (χ4v) is 3.66. The summed E-state index contributed by atoms with van der Waals surface area (Å²) in [6.07, 6.45) is 0.159. The van der Waals surface area contributed by atoms with Crippen LogP contribution in [0, 0.1) is 0 Å². The van der Waals surface area contributed by atoms with Crippen LogP contribution < -0.4 is 16.4 Å². The Morgan fingerprint density at radius 3 is 2.67 bits per heavy atom. The predicted octanol–water partition coefficient (Wildman–Crippen LogP) is 3.61. The number of halogens is 3. The van der Waals surface area contributed by atoms with Gasteiger partial charge in [0.1, 0.15) is 6.04 Å². The standard InChI is InChI=1S/C18H17Cl2N3O3.ClH/c19-11-5-12(20)16-13(6-11)22-15(18(25)26)7-14(16)23-17(24)10-3-1-2-9(4-10)8-21;/h1-6,14-15,22H,7-8,21H2,(H,23,24)(H,25,26);1H/t14-,15+;/m0./s1. The molecule has 9 heteroatoms. The topological polar surface area (TPSA) is 104 Å². The monoisotopic (exact) mass is 429 g/mol. The first-order chi connectivity index (χ1) is 12.4. The molecule has 27 heavy (non-hydrogen) atoms. The summed E-state index contributed by atoms with van der Waals surface area (Å²) in [5, 5.41) is 15.9. The lowest BCUT2D eigenvalue weighted by Crippen LogP contribution is -2.41. The number of nitrogens with two attached hydrogens (primary N) is 1. The number of carboxylic acid groups (broad SMARTS) is 1. The van der Waals surface area contributed by atoms with Crippen molar-refractivity contribution in [2.45, 2.75) is 25.0 Å². The van der Waals surface area contributed by atoms with Crippen molar-refractivity contribution in [1.29, 1.82) is 0 Å². The third-order valence-electron chi connectivity index (χ3n) is 4.27. The number of nitrogens with one attached hydrogen (secondary N) is 2. The van der Waals surface area contributed by atoms with Crippen LogP contribution in [0.2, 0.25) is 10.0 Å². The Bertz CT molecular complexity index is 876. The third kappa shape index (κ3) is 4.65. The highest BCUT2D eigenvalue weighted by Gasteiger charge is 2.33. The van der Waals surface area contributed by atoms with E-state index < -0.39 is 18.1 Å². The molecule has 0 radical (unpaired) electrons. The van der Waals surface area contributed by atoms with E-state index in [2.05, 4.69) is 10.6 Å². The van der Waals surface area contributed by atoms with Crippen molar-refractivity contribution >= 4 is 53.2 Å². The number of hydrogen-bond acceptors (Lipinski definition) is 4. The van der Waals surface area contributed by atoms with Crippen molar-refractivity contribution in [3.8, 4) is 0 Å². The summed E-state index contributed by atoms with van der Waals surface area (Å²) in [5.74, 6) is -1.34. The van der Waals surface area contributed by atoms with Crippen LogP contribution in [-0.4, -0.2) is 23.0 Å². The number of fused-ring (bicyclic) bond motifs is 1. The highest BCUT2D eigenvalue weighted by atomic mass is 35.5. The Labute approximate surface area is 172 Å². The smallest absolute Gasteiger partial charge is 0.326 e. The molecule has 144 valence electrons. The van der Waals surface area contributed by atoms with Crippen LogP contribution in [0.15, 0.2) is 36.4 Å². The second-order valence-electron chi connectivity index (χ2n) is 6.05. The van der Waals surface area contributed by atoms with Crippen molar-refractivity contribution in [2.24, 2.45) is 5.73 Å². The second-order valence-corrected chi connectivity index (χ2v) is 6.89. The zero-order valence-electron chi connectivity index (χ0n) is 14.0. The molecule has 6 nitrogen and oxygen atoms in total. The second kappa shape index (κ2) is 8.80. The molecule has 2 aromatic carbocycles. The van der Waals surface area contributed by atoms with Gasteiger partial charge in [-0.1, -0.05) is 35.3 Å². The summed E-state index contributed by atoms with van der Waals surface area (Å²) in [4.78, 5) is 24.1. The van der Waals surface area contributed by atoms with Gasteiger partial charge in [-0.25, -0.2) is 4.79 Å². The zero-order valence-corrected chi connectivity index (χ0v) is 16.4. The lowest BCUT2D eigenvalue weighted by molar-refractivity contribution is -0.138. The van der Waals surface area contributed by atoms with Gasteiger partial charge in [-0.05, 0) is 29.8 Å². The van der Waals surface area contributed by atoms with Gasteiger partial charge in [0.25, 0.3) is 5.91 Å². The van der Waals surface area contributed by atoms with Crippen molar-refractivity contribution in [3.05, 3.63) is 63.1 Å². The Balaban J connectivity index is 0.00000261. The minimum atomic E-state index is -1.02. The van der Waals surface area contributed by atoms with Gasteiger partial charge in [0.2, 0.25) is 0 Å². The molecular formula is C18H18Cl3N3O3. The van der Waals surface area contributed by atoms with E-state index in [1.165, 1.54) is 0 Å². The first-order valence-corrected chi connectivity index (χ1v) is 8.72. The lowest BCUT2D eigenvalue weighted by atomic mass is 9.92. The number of amides is 1. The maximum absolute atomic E-state index is 12.7. The number of hydrogen-bond donors (Lipinski definition) is 4. The van der Waals surface area contributed by atoms with Gasteiger partial charge < -0.3 is 21.5 Å². The molecule has 0 aliphatic carbocycles. The van der Waals surface area contributed by atoms with E-state index >= 15 is 0 Å².